The van der Waals surface area contributed by atoms with Crippen molar-refractivity contribution in [3.8, 4) is 11.8 Å². The van der Waals surface area contributed by atoms with E-state index in [0.717, 1.165) is 28.9 Å². The van der Waals surface area contributed by atoms with E-state index in [1.165, 1.54) is 4.88 Å². The van der Waals surface area contributed by atoms with E-state index in [2.05, 4.69) is 32.4 Å². The number of nitrogens with one attached hydrogen (secondary N) is 2. The second-order valence-corrected chi connectivity index (χ2v) is 6.08. The van der Waals surface area contributed by atoms with Crippen LogP contribution in [0.4, 0.5) is 5.95 Å². The van der Waals surface area contributed by atoms with Crippen molar-refractivity contribution in [2.75, 3.05) is 11.9 Å². The summed E-state index contributed by atoms with van der Waals surface area (Å²) in [6, 6.07) is 3.88. The first-order chi connectivity index (χ1) is 10.2. The molecule has 0 bridgehead atoms. The fourth-order valence-electron chi connectivity index (χ4n) is 1.95. The summed E-state index contributed by atoms with van der Waals surface area (Å²) in [7, 11) is 0. The van der Waals surface area contributed by atoms with E-state index in [-0.39, 0.29) is 0 Å². The van der Waals surface area contributed by atoms with E-state index in [1.807, 2.05) is 26.0 Å². The van der Waals surface area contributed by atoms with E-state index in [4.69, 9.17) is 4.74 Å². The van der Waals surface area contributed by atoms with E-state index in [0.29, 0.717) is 17.7 Å². The first-order valence-electron chi connectivity index (χ1n) is 6.87. The van der Waals surface area contributed by atoms with Crippen molar-refractivity contribution in [2.24, 2.45) is 0 Å². The Kier molecular flexibility index (Phi) is 3.74. The molecule has 3 rings (SSSR count). The lowest BCUT2D eigenvalue weighted by molar-refractivity contribution is 0.449. The minimum atomic E-state index is 0.512. The number of rotatable bonds is 5. The van der Waals surface area contributed by atoms with Crippen molar-refractivity contribution < 1.29 is 4.74 Å². The quantitative estimate of drug-likeness (QED) is 0.752. The van der Waals surface area contributed by atoms with Crippen LogP contribution in [0.5, 0.6) is 11.8 Å². The summed E-state index contributed by atoms with van der Waals surface area (Å²) in [6.45, 7) is 6.91. The summed E-state index contributed by atoms with van der Waals surface area (Å²) in [4.78, 5) is 11.1. The van der Waals surface area contributed by atoms with Crippen LogP contribution in [0.25, 0.3) is 10.2 Å². The largest absolute Gasteiger partial charge is 0.418 e. The summed E-state index contributed by atoms with van der Waals surface area (Å²) in [6.07, 6.45) is 1.01. The molecule has 0 aliphatic rings. The molecule has 0 saturated heterocycles. The zero-order chi connectivity index (χ0) is 14.8. The van der Waals surface area contributed by atoms with Gasteiger partial charge in [-0.05, 0) is 26.3 Å². The Labute approximate surface area is 126 Å². The highest BCUT2D eigenvalue weighted by molar-refractivity contribution is 7.18. The van der Waals surface area contributed by atoms with Gasteiger partial charge in [-0.1, -0.05) is 6.92 Å². The molecule has 0 fully saturated rings. The highest BCUT2D eigenvalue weighted by atomic mass is 32.1. The number of anilines is 1. The summed E-state index contributed by atoms with van der Waals surface area (Å²) < 4.78 is 5.82. The molecule has 21 heavy (non-hydrogen) atoms. The van der Waals surface area contributed by atoms with Gasteiger partial charge >= 0.3 is 0 Å². The molecule has 2 N–H and O–H groups in total. The Hall–Kier alpha value is -2.15. The molecule has 110 valence electrons. The van der Waals surface area contributed by atoms with Crippen LogP contribution in [-0.2, 0) is 0 Å². The van der Waals surface area contributed by atoms with Gasteiger partial charge in [0.1, 0.15) is 4.83 Å². The molecule has 0 amide bonds. The smallest absolute Gasteiger partial charge is 0.240 e. The molecule has 6 nitrogen and oxygen atoms in total. The van der Waals surface area contributed by atoms with Gasteiger partial charge in [0, 0.05) is 23.2 Å². The van der Waals surface area contributed by atoms with E-state index >= 15 is 0 Å². The van der Waals surface area contributed by atoms with Crippen molar-refractivity contribution in [2.45, 2.75) is 27.2 Å². The zero-order valence-corrected chi connectivity index (χ0v) is 13.0. The molecular formula is C14H17N5OS. The van der Waals surface area contributed by atoms with E-state index < -0.39 is 0 Å². The molecule has 3 heterocycles. The number of H-pyrrole nitrogens is 1. The van der Waals surface area contributed by atoms with Crippen molar-refractivity contribution >= 4 is 27.5 Å². The monoisotopic (exact) mass is 303 g/mol. The molecule has 7 heteroatoms. The van der Waals surface area contributed by atoms with Crippen molar-refractivity contribution in [1.29, 1.82) is 0 Å². The predicted molar refractivity (Wildman–Crippen MR) is 84.3 cm³/mol. The molecule has 0 spiro atoms. The lowest BCUT2D eigenvalue weighted by atomic mass is 10.3. The fourth-order valence-corrected chi connectivity index (χ4v) is 2.82. The molecule has 0 unspecified atom stereocenters. The first kappa shape index (κ1) is 13.8. The highest BCUT2D eigenvalue weighted by Crippen LogP contribution is 2.33. The predicted octanol–water partition coefficient (Wildman–Crippen LogP) is 3.65. The maximum absolute atomic E-state index is 5.82. The Bertz CT molecular complexity index is 764. The molecular weight excluding hydrogens is 286 g/mol. The van der Waals surface area contributed by atoms with Crippen molar-refractivity contribution in [1.82, 2.24) is 20.2 Å². The van der Waals surface area contributed by atoms with Gasteiger partial charge in [0.05, 0.1) is 5.39 Å². The lowest BCUT2D eigenvalue weighted by Crippen LogP contribution is -2.04. The Morgan fingerprint density at radius 1 is 1.29 bits per heavy atom. The SMILES string of the molecule is CCCNc1nc(Oc2cc(C)[nH]n2)c2cc(C)sc2n1. The second-order valence-electron chi connectivity index (χ2n) is 4.85. The molecule has 0 atom stereocenters. The van der Waals surface area contributed by atoms with E-state index in [1.54, 1.807) is 11.3 Å². The van der Waals surface area contributed by atoms with Crippen LogP contribution in [0, 0.1) is 13.8 Å². The van der Waals surface area contributed by atoms with Crippen LogP contribution < -0.4 is 10.1 Å². The van der Waals surface area contributed by atoms with Crippen LogP contribution in [0.15, 0.2) is 12.1 Å². The van der Waals surface area contributed by atoms with Gasteiger partial charge in [-0.25, -0.2) is 4.98 Å². The number of aryl methyl sites for hydroxylation is 2. The number of nitrogens with zero attached hydrogens (tertiary/aromatic N) is 3. The molecule has 0 radical (unpaired) electrons. The van der Waals surface area contributed by atoms with E-state index in [9.17, 15) is 0 Å². The number of hydrogen-bond acceptors (Lipinski definition) is 6. The minimum absolute atomic E-state index is 0.512. The third kappa shape index (κ3) is 2.97. The van der Waals surface area contributed by atoms with Crippen LogP contribution in [0.3, 0.4) is 0 Å². The lowest BCUT2D eigenvalue weighted by Gasteiger charge is -2.06. The molecule has 0 aromatic carbocycles. The topological polar surface area (TPSA) is 75.7 Å². The summed E-state index contributed by atoms with van der Waals surface area (Å²) in [5, 5.41) is 11.1. The molecule has 0 aliphatic carbocycles. The molecule has 3 aromatic heterocycles. The molecule has 0 saturated carbocycles. The number of fused-ring (bicyclic) bond motifs is 1. The number of hydrogen-bond donors (Lipinski definition) is 2. The number of aromatic amines is 1. The summed E-state index contributed by atoms with van der Waals surface area (Å²) >= 11 is 1.63. The number of ether oxygens (including phenoxy) is 1. The van der Waals surface area contributed by atoms with Crippen LogP contribution in [0.1, 0.15) is 23.9 Å². The third-order valence-corrected chi connectivity index (χ3v) is 3.84. The zero-order valence-electron chi connectivity index (χ0n) is 12.2. The van der Waals surface area contributed by atoms with Crippen molar-refractivity contribution in [3.05, 3.63) is 22.7 Å². The minimum Gasteiger partial charge on any atom is -0.418 e. The van der Waals surface area contributed by atoms with Gasteiger partial charge in [-0.15, -0.1) is 16.4 Å². The van der Waals surface area contributed by atoms with Crippen LogP contribution >= 0.6 is 11.3 Å². The summed E-state index contributed by atoms with van der Waals surface area (Å²) in [5.74, 6) is 1.64. The van der Waals surface area contributed by atoms with Gasteiger partial charge < -0.3 is 10.1 Å². The second kappa shape index (κ2) is 5.69. The Morgan fingerprint density at radius 3 is 2.86 bits per heavy atom. The van der Waals surface area contributed by atoms with Crippen LogP contribution in [-0.4, -0.2) is 26.7 Å². The molecule has 0 aliphatic heterocycles. The molecule has 3 aromatic rings. The number of aromatic nitrogens is 4. The van der Waals surface area contributed by atoms with Crippen molar-refractivity contribution in [3.63, 3.8) is 0 Å². The van der Waals surface area contributed by atoms with Gasteiger partial charge in [-0.2, -0.15) is 4.98 Å². The average Bonchev–Trinajstić information content (AvgIpc) is 3.01. The Morgan fingerprint density at radius 2 is 2.14 bits per heavy atom. The van der Waals surface area contributed by atoms with Crippen LogP contribution in [0.2, 0.25) is 0 Å². The normalized spacial score (nSPS) is 11.0. The van der Waals surface area contributed by atoms with Gasteiger partial charge in [0.2, 0.25) is 17.7 Å². The fraction of sp³-hybridized carbons (Fsp3) is 0.357. The van der Waals surface area contributed by atoms with Gasteiger partial charge in [-0.3, -0.25) is 5.10 Å². The first-order valence-corrected chi connectivity index (χ1v) is 7.69. The maximum atomic E-state index is 5.82. The third-order valence-electron chi connectivity index (χ3n) is 2.90. The van der Waals surface area contributed by atoms with Gasteiger partial charge in [0.15, 0.2) is 0 Å². The average molecular weight is 303 g/mol. The number of thiophene rings is 1. The highest BCUT2D eigenvalue weighted by Gasteiger charge is 2.13. The maximum Gasteiger partial charge on any atom is 0.240 e. The standard InChI is InChI=1S/C14H17N5OS/c1-4-5-15-14-16-12(20-11-6-8(2)18-19-11)10-7-9(3)21-13(10)17-14/h6-7H,4-5H2,1-3H3,(H,18,19)(H,15,16,17). The Balaban J connectivity index is 2.01. The van der Waals surface area contributed by atoms with Gasteiger partial charge in [0.25, 0.3) is 0 Å². The summed E-state index contributed by atoms with van der Waals surface area (Å²) in [5.41, 5.74) is 0.945.